The van der Waals surface area contributed by atoms with Crippen molar-refractivity contribution in [1.29, 1.82) is 0 Å². The SMILES string of the molecule is O=C(Nc1cccc2c(=O)cc(-c3ccccc3Cl)oc12)c1cccc(CN2CCOCC2)c1. The summed E-state index contributed by atoms with van der Waals surface area (Å²) in [6.07, 6.45) is 0. The van der Waals surface area contributed by atoms with Crippen molar-refractivity contribution >= 4 is 34.2 Å². The molecule has 0 unspecified atom stereocenters. The summed E-state index contributed by atoms with van der Waals surface area (Å²) in [5, 5.41) is 3.77. The maximum atomic E-state index is 13.1. The van der Waals surface area contributed by atoms with E-state index in [1.807, 2.05) is 30.3 Å². The largest absolute Gasteiger partial charge is 0.454 e. The van der Waals surface area contributed by atoms with E-state index in [0.717, 1.165) is 38.4 Å². The minimum atomic E-state index is -0.276. The third-order valence-electron chi connectivity index (χ3n) is 5.84. The molecule has 0 saturated carbocycles. The molecule has 0 spiro atoms. The van der Waals surface area contributed by atoms with Gasteiger partial charge in [0.15, 0.2) is 11.0 Å². The monoisotopic (exact) mass is 474 g/mol. The van der Waals surface area contributed by atoms with Crippen LogP contribution in [0.3, 0.4) is 0 Å². The molecule has 1 aromatic heterocycles. The fourth-order valence-corrected chi connectivity index (χ4v) is 4.32. The summed E-state index contributed by atoms with van der Waals surface area (Å²) >= 11 is 6.31. The number of rotatable bonds is 5. The lowest BCUT2D eigenvalue weighted by molar-refractivity contribution is 0.0342. The second-order valence-electron chi connectivity index (χ2n) is 8.18. The van der Waals surface area contributed by atoms with Gasteiger partial charge in [-0.15, -0.1) is 0 Å². The van der Waals surface area contributed by atoms with Crippen LogP contribution >= 0.6 is 11.6 Å². The van der Waals surface area contributed by atoms with Crippen molar-refractivity contribution < 1.29 is 13.9 Å². The first-order valence-corrected chi connectivity index (χ1v) is 11.5. The number of fused-ring (bicyclic) bond motifs is 1. The summed E-state index contributed by atoms with van der Waals surface area (Å²) in [5.74, 6) is 0.0689. The van der Waals surface area contributed by atoms with Gasteiger partial charge < -0.3 is 14.5 Å². The molecule has 172 valence electrons. The molecule has 34 heavy (non-hydrogen) atoms. The molecule has 7 heteroatoms. The molecule has 6 nitrogen and oxygen atoms in total. The topological polar surface area (TPSA) is 71.8 Å². The lowest BCUT2D eigenvalue weighted by atomic mass is 10.1. The highest BCUT2D eigenvalue weighted by atomic mass is 35.5. The predicted molar refractivity (Wildman–Crippen MR) is 133 cm³/mol. The van der Waals surface area contributed by atoms with Crippen LogP contribution in [-0.2, 0) is 11.3 Å². The molecule has 0 bridgehead atoms. The molecule has 1 N–H and O–H groups in total. The second kappa shape index (κ2) is 9.81. The summed E-state index contributed by atoms with van der Waals surface area (Å²) in [6.45, 7) is 3.96. The van der Waals surface area contributed by atoms with Gasteiger partial charge in [0.1, 0.15) is 5.76 Å². The summed E-state index contributed by atoms with van der Waals surface area (Å²) in [6, 6.07) is 21.2. The number of carbonyl (C=O) groups excluding carboxylic acids is 1. The van der Waals surface area contributed by atoms with E-state index in [1.54, 1.807) is 36.4 Å². The van der Waals surface area contributed by atoms with E-state index in [0.29, 0.717) is 38.6 Å². The van der Waals surface area contributed by atoms with Gasteiger partial charge in [-0.3, -0.25) is 14.5 Å². The zero-order valence-corrected chi connectivity index (χ0v) is 19.2. The van der Waals surface area contributed by atoms with Gasteiger partial charge in [-0.05, 0) is 42.0 Å². The zero-order chi connectivity index (χ0) is 23.5. The average Bonchev–Trinajstić information content (AvgIpc) is 2.85. The molecule has 5 rings (SSSR count). The smallest absolute Gasteiger partial charge is 0.255 e. The van der Waals surface area contributed by atoms with Crippen molar-refractivity contribution in [2.45, 2.75) is 6.54 Å². The first kappa shape index (κ1) is 22.3. The highest BCUT2D eigenvalue weighted by Gasteiger charge is 2.16. The molecular formula is C27H23ClN2O4. The Balaban J connectivity index is 1.44. The number of benzene rings is 3. The van der Waals surface area contributed by atoms with Crippen molar-refractivity contribution in [3.63, 3.8) is 0 Å². The van der Waals surface area contributed by atoms with Crippen molar-refractivity contribution in [3.8, 4) is 11.3 Å². The van der Waals surface area contributed by atoms with Crippen molar-refractivity contribution in [2.75, 3.05) is 31.6 Å². The van der Waals surface area contributed by atoms with Gasteiger partial charge in [-0.1, -0.05) is 41.9 Å². The van der Waals surface area contributed by atoms with E-state index in [9.17, 15) is 9.59 Å². The molecule has 1 aliphatic heterocycles. The molecule has 0 aliphatic carbocycles. The number of amides is 1. The number of hydrogen-bond acceptors (Lipinski definition) is 5. The van der Waals surface area contributed by atoms with Gasteiger partial charge in [0, 0.05) is 36.8 Å². The molecule has 1 aliphatic rings. The molecule has 1 saturated heterocycles. The van der Waals surface area contributed by atoms with E-state index in [1.165, 1.54) is 6.07 Å². The molecular weight excluding hydrogens is 452 g/mol. The van der Waals surface area contributed by atoms with E-state index in [2.05, 4.69) is 10.2 Å². The second-order valence-corrected chi connectivity index (χ2v) is 8.59. The Morgan fingerprint density at radius 1 is 0.971 bits per heavy atom. The van der Waals surface area contributed by atoms with Crippen LogP contribution in [0.1, 0.15) is 15.9 Å². The third kappa shape index (κ3) is 4.75. The summed E-state index contributed by atoms with van der Waals surface area (Å²) in [5.41, 5.74) is 2.72. The van der Waals surface area contributed by atoms with Crippen LogP contribution in [0.2, 0.25) is 5.02 Å². The van der Waals surface area contributed by atoms with Gasteiger partial charge >= 0.3 is 0 Å². The first-order chi connectivity index (χ1) is 16.6. The molecule has 0 radical (unpaired) electrons. The lowest BCUT2D eigenvalue weighted by Gasteiger charge is -2.26. The van der Waals surface area contributed by atoms with Crippen molar-refractivity contribution in [1.82, 2.24) is 4.90 Å². The highest BCUT2D eigenvalue weighted by Crippen LogP contribution is 2.31. The van der Waals surface area contributed by atoms with Gasteiger partial charge in [-0.25, -0.2) is 0 Å². The number of carbonyl (C=O) groups is 1. The van der Waals surface area contributed by atoms with Crippen LogP contribution in [0.5, 0.6) is 0 Å². The Hall–Kier alpha value is -3.45. The van der Waals surface area contributed by atoms with Crippen LogP contribution in [0.4, 0.5) is 5.69 Å². The fourth-order valence-electron chi connectivity index (χ4n) is 4.09. The number of morpholine rings is 1. The van der Waals surface area contributed by atoms with E-state index in [-0.39, 0.29) is 11.3 Å². The molecule has 1 amide bonds. The Morgan fingerprint density at radius 2 is 1.76 bits per heavy atom. The molecule has 0 atom stereocenters. The van der Waals surface area contributed by atoms with Crippen molar-refractivity contribution in [2.24, 2.45) is 0 Å². The maximum absolute atomic E-state index is 13.1. The molecule has 4 aromatic rings. The average molecular weight is 475 g/mol. The number of nitrogens with one attached hydrogen (secondary N) is 1. The number of para-hydroxylation sites is 1. The number of ether oxygens (including phenoxy) is 1. The fraction of sp³-hybridized carbons (Fsp3) is 0.185. The van der Waals surface area contributed by atoms with Crippen molar-refractivity contribution in [3.05, 3.63) is 99.2 Å². The van der Waals surface area contributed by atoms with Gasteiger partial charge in [0.2, 0.25) is 0 Å². The van der Waals surface area contributed by atoms with E-state index < -0.39 is 0 Å². The van der Waals surface area contributed by atoms with Gasteiger partial charge in [0.05, 0.1) is 29.3 Å². The Kier molecular flexibility index (Phi) is 6.45. The normalized spacial score (nSPS) is 14.3. The quantitative estimate of drug-likeness (QED) is 0.430. The predicted octanol–water partition coefficient (Wildman–Crippen LogP) is 5.20. The minimum Gasteiger partial charge on any atom is -0.454 e. The summed E-state index contributed by atoms with van der Waals surface area (Å²) in [4.78, 5) is 28.2. The van der Waals surface area contributed by atoms with Crippen LogP contribution in [0.25, 0.3) is 22.3 Å². The molecule has 3 aromatic carbocycles. The highest BCUT2D eigenvalue weighted by molar-refractivity contribution is 6.33. The van der Waals surface area contributed by atoms with Gasteiger partial charge in [0.25, 0.3) is 5.91 Å². The van der Waals surface area contributed by atoms with Crippen LogP contribution in [0, 0.1) is 0 Å². The third-order valence-corrected chi connectivity index (χ3v) is 6.17. The maximum Gasteiger partial charge on any atom is 0.255 e. The Labute approximate surface area is 201 Å². The first-order valence-electron chi connectivity index (χ1n) is 11.1. The lowest BCUT2D eigenvalue weighted by Crippen LogP contribution is -2.35. The number of hydrogen-bond donors (Lipinski definition) is 1. The minimum absolute atomic E-state index is 0.209. The zero-order valence-electron chi connectivity index (χ0n) is 18.4. The van der Waals surface area contributed by atoms with Crippen LogP contribution < -0.4 is 10.7 Å². The van der Waals surface area contributed by atoms with Crippen LogP contribution in [-0.4, -0.2) is 37.1 Å². The summed E-state index contributed by atoms with van der Waals surface area (Å²) in [7, 11) is 0. The van der Waals surface area contributed by atoms with E-state index >= 15 is 0 Å². The van der Waals surface area contributed by atoms with E-state index in [4.69, 9.17) is 20.8 Å². The van der Waals surface area contributed by atoms with Gasteiger partial charge in [-0.2, -0.15) is 0 Å². The standard InChI is InChI=1S/C27H23ClN2O4/c28-22-9-2-1-7-20(22)25-16-24(31)21-8-4-10-23(26(21)34-25)29-27(32)19-6-3-5-18(15-19)17-30-11-13-33-14-12-30/h1-10,15-16H,11-14,17H2,(H,29,32). The number of halogens is 1. The summed E-state index contributed by atoms with van der Waals surface area (Å²) < 4.78 is 11.5. The number of anilines is 1. The Morgan fingerprint density at radius 3 is 2.59 bits per heavy atom. The van der Waals surface area contributed by atoms with Crippen LogP contribution in [0.15, 0.2) is 82.0 Å². The molecule has 1 fully saturated rings. The molecule has 2 heterocycles. The Bertz CT molecular complexity index is 1410. The number of nitrogens with zero attached hydrogens (tertiary/aromatic N) is 1.